The predicted molar refractivity (Wildman–Crippen MR) is 95.5 cm³/mol. The first-order valence-corrected chi connectivity index (χ1v) is 9.45. The second-order valence-electron chi connectivity index (χ2n) is 5.89. The van der Waals surface area contributed by atoms with Crippen LogP contribution in [-0.2, 0) is 4.79 Å². The van der Waals surface area contributed by atoms with Crippen LogP contribution >= 0.6 is 23.4 Å². The molecule has 0 unspecified atom stereocenters. The lowest BCUT2D eigenvalue weighted by Crippen LogP contribution is -2.17. The molecule has 0 spiro atoms. The molecule has 1 saturated carbocycles. The Kier molecular flexibility index (Phi) is 5.73. The Morgan fingerprint density at radius 1 is 1.33 bits per heavy atom. The topological polar surface area (TPSA) is 72.7 Å². The fraction of sp³-hybridized carbons (Fsp3) is 0.500. The van der Waals surface area contributed by atoms with Gasteiger partial charge in [0, 0.05) is 12.2 Å². The Balaban J connectivity index is 1.60. The first kappa shape index (κ1) is 17.2. The Labute approximate surface area is 150 Å². The van der Waals surface area contributed by atoms with Crippen LogP contribution in [-0.4, -0.2) is 31.4 Å². The van der Waals surface area contributed by atoms with Crippen LogP contribution in [0.5, 0.6) is 0 Å². The Bertz CT molecular complexity index is 697. The number of thioether (sulfide) groups is 1. The summed E-state index contributed by atoms with van der Waals surface area (Å²) in [5.74, 6) is 1.57. The smallest absolute Gasteiger partial charge is 0.236 e. The predicted octanol–water partition coefficient (Wildman–Crippen LogP) is 3.87. The van der Waals surface area contributed by atoms with Gasteiger partial charge in [-0.1, -0.05) is 42.6 Å². The van der Waals surface area contributed by atoms with E-state index in [4.69, 9.17) is 11.6 Å². The molecule has 2 aromatic heterocycles. The van der Waals surface area contributed by atoms with Crippen LogP contribution in [0.3, 0.4) is 0 Å². The van der Waals surface area contributed by atoms with Crippen molar-refractivity contribution >= 4 is 35.1 Å². The summed E-state index contributed by atoms with van der Waals surface area (Å²) in [5, 5.41) is 12.6. The second kappa shape index (κ2) is 7.98. The normalized spacial score (nSPS) is 15.4. The molecule has 0 saturated heterocycles. The number of amides is 1. The van der Waals surface area contributed by atoms with Crippen molar-refractivity contribution in [3.63, 3.8) is 0 Å². The van der Waals surface area contributed by atoms with E-state index in [0.29, 0.717) is 16.9 Å². The minimum Gasteiger partial charge on any atom is -0.310 e. The lowest BCUT2D eigenvalue weighted by molar-refractivity contribution is -0.113. The van der Waals surface area contributed by atoms with E-state index in [1.807, 2.05) is 6.92 Å². The highest BCUT2D eigenvalue weighted by Crippen LogP contribution is 2.32. The number of carbonyl (C=O) groups is 1. The van der Waals surface area contributed by atoms with Crippen LogP contribution < -0.4 is 5.32 Å². The van der Waals surface area contributed by atoms with E-state index in [2.05, 4.69) is 25.1 Å². The van der Waals surface area contributed by atoms with Gasteiger partial charge in [-0.2, -0.15) is 0 Å². The van der Waals surface area contributed by atoms with Crippen molar-refractivity contribution in [3.8, 4) is 0 Å². The highest BCUT2D eigenvalue weighted by molar-refractivity contribution is 7.99. The third-order valence-electron chi connectivity index (χ3n) is 4.10. The van der Waals surface area contributed by atoms with Crippen molar-refractivity contribution in [1.82, 2.24) is 19.7 Å². The van der Waals surface area contributed by atoms with Crippen LogP contribution in [0.2, 0.25) is 5.02 Å². The number of nitrogens with one attached hydrogen (secondary N) is 1. The molecule has 0 radical (unpaired) electrons. The second-order valence-corrected chi connectivity index (χ2v) is 7.27. The molecule has 8 heteroatoms. The average Bonchev–Trinajstić information content (AvgIpc) is 2.96. The molecule has 1 aliphatic rings. The standard InChI is InChI=1S/C16H20ClN5OS/c1-11-20-21-16(22(11)13-5-3-2-4-6-13)24-10-15(23)19-14-8-7-12(17)9-18-14/h7-9,13H,2-6,10H2,1H3,(H,18,19,23). The zero-order valence-corrected chi connectivity index (χ0v) is 15.1. The van der Waals surface area contributed by atoms with E-state index in [-0.39, 0.29) is 11.7 Å². The number of aromatic nitrogens is 4. The fourth-order valence-corrected chi connectivity index (χ4v) is 3.93. The molecular weight excluding hydrogens is 346 g/mol. The zero-order chi connectivity index (χ0) is 16.9. The minimum absolute atomic E-state index is 0.120. The van der Waals surface area contributed by atoms with Crippen molar-refractivity contribution in [3.05, 3.63) is 29.2 Å². The van der Waals surface area contributed by atoms with Gasteiger partial charge in [0.25, 0.3) is 0 Å². The molecule has 2 aromatic rings. The van der Waals surface area contributed by atoms with E-state index < -0.39 is 0 Å². The van der Waals surface area contributed by atoms with E-state index in [9.17, 15) is 4.79 Å². The molecule has 3 rings (SSSR count). The van der Waals surface area contributed by atoms with Gasteiger partial charge in [0.15, 0.2) is 5.16 Å². The van der Waals surface area contributed by atoms with Crippen molar-refractivity contribution in [2.75, 3.05) is 11.1 Å². The maximum Gasteiger partial charge on any atom is 0.236 e. The van der Waals surface area contributed by atoms with Crippen molar-refractivity contribution in [1.29, 1.82) is 0 Å². The third-order valence-corrected chi connectivity index (χ3v) is 5.27. The molecular formula is C16H20ClN5OS. The maximum atomic E-state index is 12.1. The molecule has 1 fully saturated rings. The summed E-state index contributed by atoms with van der Waals surface area (Å²) in [6, 6.07) is 3.83. The van der Waals surface area contributed by atoms with Gasteiger partial charge in [0.05, 0.1) is 10.8 Å². The van der Waals surface area contributed by atoms with Gasteiger partial charge in [-0.05, 0) is 31.9 Å². The summed E-state index contributed by atoms with van der Waals surface area (Å²) in [6.07, 6.45) is 7.62. The number of carbonyl (C=O) groups excluding carboxylic acids is 1. The lowest BCUT2D eigenvalue weighted by atomic mass is 9.95. The number of halogens is 1. The molecule has 1 aliphatic carbocycles. The SMILES string of the molecule is Cc1nnc(SCC(=O)Nc2ccc(Cl)cn2)n1C1CCCCC1. The van der Waals surface area contributed by atoms with Crippen LogP contribution in [0.1, 0.15) is 44.0 Å². The van der Waals surface area contributed by atoms with Gasteiger partial charge in [-0.25, -0.2) is 4.98 Å². The van der Waals surface area contributed by atoms with Crippen LogP contribution in [0.15, 0.2) is 23.5 Å². The summed E-state index contributed by atoms with van der Waals surface area (Å²) in [5.41, 5.74) is 0. The first-order chi connectivity index (χ1) is 11.6. The number of pyridine rings is 1. The zero-order valence-electron chi connectivity index (χ0n) is 13.5. The summed E-state index contributed by atoms with van der Waals surface area (Å²) in [4.78, 5) is 16.2. The van der Waals surface area contributed by atoms with Gasteiger partial charge in [0.1, 0.15) is 11.6 Å². The van der Waals surface area contributed by atoms with Gasteiger partial charge < -0.3 is 9.88 Å². The van der Waals surface area contributed by atoms with Crippen LogP contribution in [0.4, 0.5) is 5.82 Å². The third kappa shape index (κ3) is 4.27. The van der Waals surface area contributed by atoms with Gasteiger partial charge in [-0.3, -0.25) is 4.79 Å². The number of hydrogen-bond donors (Lipinski definition) is 1. The highest BCUT2D eigenvalue weighted by Gasteiger charge is 2.21. The van der Waals surface area contributed by atoms with E-state index in [0.717, 1.165) is 23.8 Å². The molecule has 24 heavy (non-hydrogen) atoms. The quantitative estimate of drug-likeness (QED) is 0.814. The molecule has 1 N–H and O–H groups in total. The molecule has 1 amide bonds. The Morgan fingerprint density at radius 2 is 2.12 bits per heavy atom. The lowest BCUT2D eigenvalue weighted by Gasteiger charge is -2.24. The van der Waals surface area contributed by atoms with E-state index in [1.165, 1.54) is 37.2 Å². The number of rotatable bonds is 5. The largest absolute Gasteiger partial charge is 0.310 e. The summed E-state index contributed by atoms with van der Waals surface area (Å²) in [6.45, 7) is 1.98. The molecule has 0 bridgehead atoms. The Morgan fingerprint density at radius 3 is 2.83 bits per heavy atom. The van der Waals surface area contributed by atoms with Crippen LogP contribution in [0, 0.1) is 6.92 Å². The van der Waals surface area contributed by atoms with E-state index in [1.54, 1.807) is 12.1 Å². The summed E-state index contributed by atoms with van der Waals surface area (Å²) >= 11 is 7.20. The van der Waals surface area contributed by atoms with Crippen molar-refractivity contribution in [2.24, 2.45) is 0 Å². The fourth-order valence-electron chi connectivity index (χ4n) is 2.97. The molecule has 128 valence electrons. The summed E-state index contributed by atoms with van der Waals surface area (Å²) < 4.78 is 2.19. The number of hydrogen-bond acceptors (Lipinski definition) is 5. The molecule has 0 aliphatic heterocycles. The minimum atomic E-state index is -0.120. The molecule has 6 nitrogen and oxygen atoms in total. The monoisotopic (exact) mass is 365 g/mol. The van der Waals surface area contributed by atoms with Gasteiger partial charge in [0.2, 0.25) is 5.91 Å². The van der Waals surface area contributed by atoms with Crippen molar-refractivity contribution < 1.29 is 4.79 Å². The van der Waals surface area contributed by atoms with Crippen molar-refractivity contribution in [2.45, 2.75) is 50.2 Å². The van der Waals surface area contributed by atoms with E-state index >= 15 is 0 Å². The highest BCUT2D eigenvalue weighted by atomic mass is 35.5. The van der Waals surface area contributed by atoms with Crippen LogP contribution in [0.25, 0.3) is 0 Å². The Hall–Kier alpha value is -1.60. The maximum absolute atomic E-state index is 12.1. The molecule has 0 atom stereocenters. The molecule has 2 heterocycles. The average molecular weight is 366 g/mol. The molecule has 0 aromatic carbocycles. The number of nitrogens with zero attached hydrogens (tertiary/aromatic N) is 4. The number of aryl methyl sites for hydroxylation is 1. The first-order valence-electron chi connectivity index (χ1n) is 8.09. The van der Waals surface area contributed by atoms with Gasteiger partial charge in [-0.15, -0.1) is 10.2 Å². The van der Waals surface area contributed by atoms with Gasteiger partial charge >= 0.3 is 0 Å². The summed E-state index contributed by atoms with van der Waals surface area (Å²) in [7, 11) is 0. The number of anilines is 1.